The molecule has 0 aliphatic heterocycles. The predicted molar refractivity (Wildman–Crippen MR) is 125 cm³/mol. The van der Waals surface area contributed by atoms with Crippen LogP contribution in [0.2, 0.25) is 0 Å². The van der Waals surface area contributed by atoms with E-state index in [-0.39, 0.29) is 36.4 Å². The zero-order valence-electron chi connectivity index (χ0n) is 16.9. The molecular formula is C19H29IN6OS. The van der Waals surface area contributed by atoms with E-state index in [1.165, 1.54) is 4.88 Å². The Balaban J connectivity index is 0.00000392. The minimum atomic E-state index is -0.0240. The van der Waals surface area contributed by atoms with Crippen LogP contribution in [0.5, 0.6) is 0 Å². The molecule has 2 aromatic rings. The highest BCUT2D eigenvalue weighted by Crippen LogP contribution is 2.15. The van der Waals surface area contributed by atoms with E-state index in [9.17, 15) is 4.79 Å². The first kappa shape index (κ1) is 24.3. The lowest BCUT2D eigenvalue weighted by molar-refractivity contribution is -0.128. The van der Waals surface area contributed by atoms with Gasteiger partial charge in [0.2, 0.25) is 5.91 Å². The molecule has 0 bridgehead atoms. The fourth-order valence-corrected chi connectivity index (χ4v) is 3.21. The Bertz CT molecular complexity index is 746. The zero-order chi connectivity index (χ0) is 19.6. The lowest BCUT2D eigenvalue weighted by Gasteiger charge is -2.16. The number of nitrogens with zero attached hydrogens (tertiary/aromatic N) is 4. The molecule has 2 aromatic heterocycles. The number of aryl methyl sites for hydroxylation is 2. The molecule has 9 heteroatoms. The van der Waals surface area contributed by atoms with Crippen LogP contribution in [0.4, 0.5) is 0 Å². The third-order valence-corrected chi connectivity index (χ3v) is 5.12. The molecule has 0 fully saturated rings. The molecule has 0 aromatic carbocycles. The molecule has 1 amide bonds. The molecular weight excluding hydrogens is 487 g/mol. The maximum absolute atomic E-state index is 12.3. The van der Waals surface area contributed by atoms with E-state index >= 15 is 0 Å². The summed E-state index contributed by atoms with van der Waals surface area (Å²) < 4.78 is 0. The standard InChI is InChI=1S/C19H28N6OS.HI/c1-5-20-19(22-12-17-24-14(2)15(3)27-17)23-13-18(26)25(4)11-9-16-8-6-7-10-21-16;/h6-8,10H,5,9,11-13H2,1-4H3,(H2,20,22,23);1H. The number of carbonyl (C=O) groups excluding carboxylic acids is 1. The SMILES string of the molecule is CCNC(=NCC(=O)N(C)CCc1ccccn1)NCc1nc(C)c(C)s1.I. The number of hydrogen-bond donors (Lipinski definition) is 2. The highest BCUT2D eigenvalue weighted by Gasteiger charge is 2.10. The summed E-state index contributed by atoms with van der Waals surface area (Å²) in [6.45, 7) is 8.11. The van der Waals surface area contributed by atoms with Gasteiger partial charge in [0.25, 0.3) is 0 Å². The Morgan fingerprint density at radius 2 is 2.07 bits per heavy atom. The van der Waals surface area contributed by atoms with Gasteiger partial charge in [0.05, 0.1) is 12.2 Å². The van der Waals surface area contributed by atoms with Crippen LogP contribution < -0.4 is 10.6 Å². The van der Waals surface area contributed by atoms with Gasteiger partial charge < -0.3 is 15.5 Å². The van der Waals surface area contributed by atoms with Crippen LogP contribution in [0.15, 0.2) is 29.4 Å². The van der Waals surface area contributed by atoms with Crippen LogP contribution in [-0.2, 0) is 17.8 Å². The van der Waals surface area contributed by atoms with Gasteiger partial charge in [0.15, 0.2) is 5.96 Å². The third-order valence-electron chi connectivity index (χ3n) is 4.05. The molecule has 0 atom stereocenters. The number of hydrogen-bond acceptors (Lipinski definition) is 5. The van der Waals surface area contributed by atoms with E-state index < -0.39 is 0 Å². The first-order valence-corrected chi connectivity index (χ1v) is 9.90. The number of aliphatic imine (C=N–C) groups is 1. The molecule has 0 spiro atoms. The normalized spacial score (nSPS) is 10.9. The Kier molecular flexibility index (Phi) is 11.0. The van der Waals surface area contributed by atoms with Gasteiger partial charge in [0, 0.05) is 43.3 Å². The molecule has 0 unspecified atom stereocenters. The number of pyridine rings is 1. The van der Waals surface area contributed by atoms with Gasteiger partial charge in [-0.15, -0.1) is 35.3 Å². The second-order valence-corrected chi connectivity index (χ2v) is 7.47. The van der Waals surface area contributed by atoms with E-state index in [0.717, 1.165) is 29.4 Å². The fourth-order valence-electron chi connectivity index (χ4n) is 2.34. The maximum atomic E-state index is 12.3. The second kappa shape index (κ2) is 12.7. The number of rotatable bonds is 8. The lowest BCUT2D eigenvalue weighted by atomic mass is 10.2. The summed E-state index contributed by atoms with van der Waals surface area (Å²) in [6.07, 6.45) is 2.50. The van der Waals surface area contributed by atoms with Gasteiger partial charge in [-0.25, -0.2) is 9.98 Å². The van der Waals surface area contributed by atoms with Crippen molar-refractivity contribution in [2.75, 3.05) is 26.7 Å². The molecule has 0 radical (unpaired) electrons. The molecule has 2 heterocycles. The predicted octanol–water partition coefficient (Wildman–Crippen LogP) is 2.53. The molecule has 0 saturated carbocycles. The molecule has 7 nitrogen and oxygen atoms in total. The summed E-state index contributed by atoms with van der Waals surface area (Å²) in [5.41, 5.74) is 2.04. The van der Waals surface area contributed by atoms with Crippen LogP contribution in [0.1, 0.15) is 28.2 Å². The van der Waals surface area contributed by atoms with E-state index in [2.05, 4.69) is 32.5 Å². The van der Waals surface area contributed by atoms with Crippen molar-refractivity contribution in [1.82, 2.24) is 25.5 Å². The number of carbonyl (C=O) groups is 1. The van der Waals surface area contributed by atoms with Crippen LogP contribution >= 0.6 is 35.3 Å². The first-order chi connectivity index (χ1) is 13.0. The van der Waals surface area contributed by atoms with Crippen LogP contribution in [0.25, 0.3) is 0 Å². The van der Waals surface area contributed by atoms with E-state index in [0.29, 0.717) is 19.0 Å². The first-order valence-electron chi connectivity index (χ1n) is 9.08. The van der Waals surface area contributed by atoms with Gasteiger partial charge in [-0.2, -0.15) is 0 Å². The molecule has 0 aliphatic rings. The number of halogens is 1. The average molecular weight is 516 g/mol. The van der Waals surface area contributed by atoms with Gasteiger partial charge >= 0.3 is 0 Å². The molecule has 0 aliphatic carbocycles. The Morgan fingerprint density at radius 1 is 1.29 bits per heavy atom. The van der Waals surface area contributed by atoms with Gasteiger partial charge in [-0.3, -0.25) is 9.78 Å². The molecule has 0 saturated heterocycles. The smallest absolute Gasteiger partial charge is 0.244 e. The van der Waals surface area contributed by atoms with Crippen molar-refractivity contribution in [2.24, 2.45) is 4.99 Å². The topological polar surface area (TPSA) is 82.5 Å². The average Bonchev–Trinajstić information content (AvgIpc) is 3.00. The monoisotopic (exact) mass is 516 g/mol. The summed E-state index contributed by atoms with van der Waals surface area (Å²) >= 11 is 1.67. The van der Waals surface area contributed by atoms with Gasteiger partial charge in [-0.05, 0) is 32.9 Å². The minimum absolute atomic E-state index is 0. The maximum Gasteiger partial charge on any atom is 0.244 e. The quantitative estimate of drug-likeness (QED) is 0.320. The summed E-state index contributed by atoms with van der Waals surface area (Å²) in [4.78, 5) is 28.4. The number of amides is 1. The van der Waals surface area contributed by atoms with Crippen molar-refractivity contribution in [1.29, 1.82) is 0 Å². The van der Waals surface area contributed by atoms with Crippen molar-refractivity contribution in [3.8, 4) is 0 Å². The summed E-state index contributed by atoms with van der Waals surface area (Å²) in [5.74, 6) is 0.596. The Hall–Kier alpha value is -1.75. The number of likely N-dealkylation sites (N-methyl/N-ethyl adjacent to an activating group) is 1. The summed E-state index contributed by atoms with van der Waals surface area (Å²) in [6, 6.07) is 5.80. The van der Waals surface area contributed by atoms with E-state index in [1.54, 1.807) is 29.5 Å². The zero-order valence-corrected chi connectivity index (χ0v) is 20.0. The van der Waals surface area contributed by atoms with E-state index in [1.807, 2.05) is 32.0 Å². The van der Waals surface area contributed by atoms with Crippen LogP contribution in [-0.4, -0.2) is 53.4 Å². The van der Waals surface area contributed by atoms with Crippen molar-refractivity contribution in [3.63, 3.8) is 0 Å². The lowest BCUT2D eigenvalue weighted by Crippen LogP contribution is -2.38. The van der Waals surface area contributed by atoms with Crippen LogP contribution in [0.3, 0.4) is 0 Å². The number of nitrogens with one attached hydrogen (secondary N) is 2. The van der Waals surface area contributed by atoms with Gasteiger partial charge in [0.1, 0.15) is 11.6 Å². The van der Waals surface area contributed by atoms with Crippen molar-refractivity contribution in [3.05, 3.63) is 45.7 Å². The molecule has 154 valence electrons. The van der Waals surface area contributed by atoms with E-state index in [4.69, 9.17) is 0 Å². The van der Waals surface area contributed by atoms with Crippen molar-refractivity contribution in [2.45, 2.75) is 33.7 Å². The molecule has 2 rings (SSSR count). The molecule has 2 N–H and O–H groups in total. The van der Waals surface area contributed by atoms with Crippen molar-refractivity contribution < 1.29 is 4.79 Å². The molecule has 28 heavy (non-hydrogen) atoms. The number of thiazole rings is 1. The number of aromatic nitrogens is 2. The number of guanidine groups is 1. The largest absolute Gasteiger partial charge is 0.357 e. The van der Waals surface area contributed by atoms with Crippen molar-refractivity contribution >= 4 is 47.2 Å². The third kappa shape index (κ3) is 8.09. The Morgan fingerprint density at radius 3 is 2.68 bits per heavy atom. The highest BCUT2D eigenvalue weighted by atomic mass is 127. The summed E-state index contributed by atoms with van der Waals surface area (Å²) in [5, 5.41) is 7.41. The second-order valence-electron chi connectivity index (χ2n) is 6.18. The Labute approximate surface area is 188 Å². The highest BCUT2D eigenvalue weighted by molar-refractivity contribution is 14.0. The minimum Gasteiger partial charge on any atom is -0.357 e. The summed E-state index contributed by atoms with van der Waals surface area (Å²) in [7, 11) is 1.79. The van der Waals surface area contributed by atoms with Gasteiger partial charge in [-0.1, -0.05) is 6.07 Å². The fraction of sp³-hybridized carbons (Fsp3) is 0.474. The van der Waals surface area contributed by atoms with Crippen LogP contribution in [0, 0.1) is 13.8 Å².